The van der Waals surface area contributed by atoms with Crippen LogP contribution in [0, 0.1) is 6.92 Å². The van der Waals surface area contributed by atoms with Crippen LogP contribution >= 0.6 is 34.7 Å². The maximum Gasteiger partial charge on any atom is 0.245 e. The number of carbonyl (C=O) groups excluding carboxylic acids is 1. The molecule has 2 aromatic rings. The van der Waals surface area contributed by atoms with E-state index in [2.05, 4.69) is 4.98 Å². The molecule has 0 bridgehead atoms. The van der Waals surface area contributed by atoms with Crippen LogP contribution in [-0.4, -0.2) is 85.0 Å². The SMILES string of the molecule is Cc1nc(N(Cl)C(=O)CCOCCOCCOCCOCCN)sc1-c1ccc(Cl)c(S(C)(=O)=O)c1. The van der Waals surface area contributed by atoms with E-state index in [4.69, 9.17) is 48.1 Å². The minimum absolute atomic E-state index is 0.0244. The van der Waals surface area contributed by atoms with Gasteiger partial charge in [0, 0.05) is 24.6 Å². The summed E-state index contributed by atoms with van der Waals surface area (Å²) in [4.78, 5) is 17.5. The Kier molecular flexibility index (Phi) is 13.5. The number of anilines is 1. The first-order valence-electron chi connectivity index (χ1n) is 11.1. The number of halogens is 2. The maximum absolute atomic E-state index is 12.5. The molecule has 0 fully saturated rings. The highest BCUT2D eigenvalue weighted by molar-refractivity contribution is 7.90. The summed E-state index contributed by atoms with van der Waals surface area (Å²) in [5, 5.41) is 0.419. The van der Waals surface area contributed by atoms with Crippen LogP contribution < -0.4 is 10.2 Å². The molecule has 36 heavy (non-hydrogen) atoms. The van der Waals surface area contributed by atoms with Gasteiger partial charge in [0.05, 0.1) is 79.8 Å². The molecule has 14 heteroatoms. The fourth-order valence-electron chi connectivity index (χ4n) is 2.87. The van der Waals surface area contributed by atoms with Crippen LogP contribution in [-0.2, 0) is 33.6 Å². The van der Waals surface area contributed by atoms with Gasteiger partial charge in [0.25, 0.3) is 0 Å². The third-order valence-electron chi connectivity index (χ3n) is 4.60. The summed E-state index contributed by atoms with van der Waals surface area (Å²) >= 11 is 13.4. The second kappa shape index (κ2) is 15.8. The zero-order valence-corrected chi connectivity index (χ0v) is 23.3. The Morgan fingerprint density at radius 2 is 1.58 bits per heavy atom. The highest BCUT2D eigenvalue weighted by atomic mass is 35.5. The van der Waals surface area contributed by atoms with Crippen molar-refractivity contribution in [2.75, 3.05) is 70.1 Å². The lowest BCUT2D eigenvalue weighted by Gasteiger charge is -2.10. The molecule has 202 valence electrons. The number of nitrogens with zero attached hydrogens (tertiary/aromatic N) is 2. The van der Waals surface area contributed by atoms with Gasteiger partial charge in [-0.2, -0.15) is 4.42 Å². The summed E-state index contributed by atoms with van der Waals surface area (Å²) in [7, 11) is -3.50. The summed E-state index contributed by atoms with van der Waals surface area (Å²) in [6.45, 7) is 5.50. The van der Waals surface area contributed by atoms with Crippen molar-refractivity contribution in [2.45, 2.75) is 18.2 Å². The van der Waals surface area contributed by atoms with Crippen molar-refractivity contribution in [3.8, 4) is 10.4 Å². The largest absolute Gasteiger partial charge is 0.379 e. The number of hydrogen-bond donors (Lipinski definition) is 1. The number of carbonyl (C=O) groups is 1. The van der Waals surface area contributed by atoms with Crippen LogP contribution in [0.1, 0.15) is 12.1 Å². The first kappa shape index (κ1) is 30.9. The van der Waals surface area contributed by atoms with Crippen molar-refractivity contribution in [1.82, 2.24) is 4.98 Å². The third-order valence-corrected chi connectivity index (χ3v) is 7.82. The summed E-state index contributed by atoms with van der Waals surface area (Å²) in [6, 6.07) is 4.70. The van der Waals surface area contributed by atoms with Crippen LogP contribution in [0.5, 0.6) is 0 Å². The Balaban J connectivity index is 1.73. The van der Waals surface area contributed by atoms with Gasteiger partial charge in [-0.1, -0.05) is 29.0 Å². The number of nitrogens with two attached hydrogens (primary N) is 1. The normalized spacial score (nSPS) is 11.7. The molecule has 1 amide bonds. The zero-order valence-electron chi connectivity index (χ0n) is 20.2. The maximum atomic E-state index is 12.5. The predicted octanol–water partition coefficient (Wildman–Crippen LogP) is 3.08. The lowest BCUT2D eigenvalue weighted by Crippen LogP contribution is -2.22. The molecule has 0 radical (unpaired) electrons. The van der Waals surface area contributed by atoms with Crippen molar-refractivity contribution in [2.24, 2.45) is 5.73 Å². The minimum Gasteiger partial charge on any atom is -0.379 e. The number of benzene rings is 1. The van der Waals surface area contributed by atoms with Gasteiger partial charge in [0.1, 0.15) is 0 Å². The Morgan fingerprint density at radius 3 is 2.14 bits per heavy atom. The van der Waals surface area contributed by atoms with Crippen LogP contribution in [0.25, 0.3) is 10.4 Å². The van der Waals surface area contributed by atoms with Crippen molar-refractivity contribution in [1.29, 1.82) is 0 Å². The second-order valence-electron chi connectivity index (χ2n) is 7.49. The van der Waals surface area contributed by atoms with E-state index < -0.39 is 9.84 Å². The number of aromatic nitrogens is 1. The van der Waals surface area contributed by atoms with E-state index in [0.717, 1.165) is 10.7 Å². The highest BCUT2D eigenvalue weighted by Crippen LogP contribution is 2.37. The number of ether oxygens (including phenoxy) is 4. The molecule has 0 aliphatic carbocycles. The summed E-state index contributed by atoms with van der Waals surface area (Å²) < 4.78 is 46.3. The van der Waals surface area contributed by atoms with Crippen molar-refractivity contribution in [3.63, 3.8) is 0 Å². The van der Waals surface area contributed by atoms with Gasteiger partial charge < -0.3 is 24.7 Å². The van der Waals surface area contributed by atoms with Crippen LogP contribution in [0.15, 0.2) is 23.1 Å². The van der Waals surface area contributed by atoms with Gasteiger partial charge in [-0.25, -0.2) is 13.4 Å². The van der Waals surface area contributed by atoms with Gasteiger partial charge in [0.2, 0.25) is 11.0 Å². The van der Waals surface area contributed by atoms with E-state index in [1.54, 1.807) is 13.0 Å². The number of aryl methyl sites for hydroxylation is 1. The molecule has 0 atom stereocenters. The molecule has 0 aliphatic rings. The lowest BCUT2D eigenvalue weighted by atomic mass is 10.2. The number of sulfone groups is 1. The molecule has 10 nitrogen and oxygen atoms in total. The smallest absolute Gasteiger partial charge is 0.245 e. The molecule has 0 aliphatic heterocycles. The molecule has 1 aromatic carbocycles. The second-order valence-corrected chi connectivity index (χ2v) is 11.2. The molecule has 0 unspecified atom stereocenters. The molecule has 1 heterocycles. The standard InChI is InChI=1S/C22H31Cl2N3O7S2/c1-16-21(17-3-4-18(23)19(15-17)36(2,29)30)35-22(26-16)27(24)20(28)5-7-31-9-11-33-13-14-34-12-10-32-8-6-25/h3-4,15H,5-14,25H2,1-2H3. The Hall–Kier alpha value is -1.35. The molecule has 0 saturated heterocycles. The first-order valence-corrected chi connectivity index (χ1v) is 14.5. The van der Waals surface area contributed by atoms with Crippen LogP contribution in [0.2, 0.25) is 5.02 Å². The van der Waals surface area contributed by atoms with Gasteiger partial charge in [-0.05, 0) is 24.6 Å². The van der Waals surface area contributed by atoms with Crippen molar-refractivity contribution < 1.29 is 32.2 Å². The van der Waals surface area contributed by atoms with Gasteiger partial charge >= 0.3 is 0 Å². The molecule has 2 rings (SSSR count). The number of hydrogen-bond acceptors (Lipinski definition) is 10. The van der Waals surface area contributed by atoms with E-state index in [9.17, 15) is 13.2 Å². The fraction of sp³-hybridized carbons (Fsp3) is 0.545. The van der Waals surface area contributed by atoms with Gasteiger partial charge in [-0.15, -0.1) is 0 Å². The van der Waals surface area contributed by atoms with E-state index >= 15 is 0 Å². The van der Waals surface area contributed by atoms with Crippen molar-refractivity contribution in [3.05, 3.63) is 28.9 Å². The summed E-state index contributed by atoms with van der Waals surface area (Å²) in [5.74, 6) is -0.379. The quantitative estimate of drug-likeness (QED) is 0.220. The fourth-order valence-corrected chi connectivity index (χ4v) is 5.38. The van der Waals surface area contributed by atoms with Crippen LogP contribution in [0.3, 0.4) is 0 Å². The molecule has 0 spiro atoms. The van der Waals surface area contributed by atoms with Gasteiger partial charge in [0.15, 0.2) is 9.84 Å². The summed E-state index contributed by atoms with van der Waals surface area (Å²) in [5.41, 5.74) is 6.54. The molecular formula is C22H31Cl2N3O7S2. The Bertz CT molecular complexity index is 1080. The average Bonchev–Trinajstić information content (AvgIpc) is 3.22. The summed E-state index contributed by atoms with van der Waals surface area (Å²) in [6.07, 6.45) is 1.15. The number of amides is 1. The highest BCUT2D eigenvalue weighted by Gasteiger charge is 2.21. The molecule has 2 N–H and O–H groups in total. The monoisotopic (exact) mass is 583 g/mol. The Morgan fingerprint density at radius 1 is 1.03 bits per heavy atom. The van der Waals surface area contributed by atoms with E-state index in [0.29, 0.717) is 68.9 Å². The number of rotatable bonds is 17. The predicted molar refractivity (Wildman–Crippen MR) is 141 cm³/mol. The molecular weight excluding hydrogens is 553 g/mol. The lowest BCUT2D eigenvalue weighted by molar-refractivity contribution is -0.118. The van der Waals surface area contributed by atoms with E-state index in [-0.39, 0.29) is 34.0 Å². The topological polar surface area (TPSA) is 130 Å². The first-order chi connectivity index (χ1) is 17.1. The molecule has 1 aromatic heterocycles. The zero-order chi connectivity index (χ0) is 26.6. The van der Waals surface area contributed by atoms with E-state index in [1.165, 1.54) is 23.5 Å². The minimum atomic E-state index is -3.50. The van der Waals surface area contributed by atoms with Crippen molar-refractivity contribution >= 4 is 55.6 Å². The molecule has 0 saturated carbocycles. The van der Waals surface area contributed by atoms with Crippen LogP contribution in [0.4, 0.5) is 5.13 Å². The van der Waals surface area contributed by atoms with E-state index in [1.807, 2.05) is 0 Å². The Labute approximate surface area is 225 Å². The van der Waals surface area contributed by atoms with Gasteiger partial charge in [-0.3, -0.25) is 4.79 Å². The third kappa shape index (κ3) is 10.2. The average molecular weight is 585 g/mol. The number of thiazole rings is 1.